The molecule has 2 rings (SSSR count). The number of phenolic OH excluding ortho intramolecular Hbond substituents is 1. The summed E-state index contributed by atoms with van der Waals surface area (Å²) < 4.78 is 5.93. The molecule has 0 saturated heterocycles. The molecule has 0 bridgehead atoms. The first-order valence-corrected chi connectivity index (χ1v) is 5.84. The van der Waals surface area contributed by atoms with Crippen molar-refractivity contribution >= 4 is 0 Å². The average Bonchev–Trinajstić information content (AvgIpc) is 2.11. The lowest BCUT2D eigenvalue weighted by molar-refractivity contribution is 0.0703. The quantitative estimate of drug-likeness (QED) is 0.722. The van der Waals surface area contributed by atoms with Gasteiger partial charge in [0, 0.05) is 5.56 Å². The Hall–Kier alpha value is -1.18. The topological polar surface area (TPSA) is 29.5 Å². The van der Waals surface area contributed by atoms with Gasteiger partial charge in [0.25, 0.3) is 0 Å². The molecule has 1 aromatic rings. The van der Waals surface area contributed by atoms with Gasteiger partial charge < -0.3 is 9.84 Å². The van der Waals surface area contributed by atoms with E-state index in [9.17, 15) is 5.11 Å². The van der Waals surface area contributed by atoms with Gasteiger partial charge >= 0.3 is 0 Å². The molecule has 0 amide bonds. The van der Waals surface area contributed by atoms with Gasteiger partial charge in [-0.1, -0.05) is 13.0 Å². The summed E-state index contributed by atoms with van der Waals surface area (Å²) in [4.78, 5) is 0. The highest BCUT2D eigenvalue weighted by atomic mass is 16.5. The molecule has 0 saturated carbocycles. The van der Waals surface area contributed by atoms with Crippen LogP contribution in [0, 0.1) is 13.8 Å². The number of aryl methyl sites for hydroxylation is 2. The molecule has 0 aliphatic carbocycles. The molecular weight excluding hydrogens is 200 g/mol. The molecule has 0 fully saturated rings. The molecule has 1 N–H and O–H groups in total. The van der Waals surface area contributed by atoms with E-state index in [-0.39, 0.29) is 5.60 Å². The third-order valence-electron chi connectivity index (χ3n) is 3.36. The second kappa shape index (κ2) is 3.41. The van der Waals surface area contributed by atoms with E-state index in [4.69, 9.17) is 4.74 Å². The van der Waals surface area contributed by atoms with Gasteiger partial charge in [0.05, 0.1) is 0 Å². The first-order valence-electron chi connectivity index (χ1n) is 5.84. The molecule has 1 aliphatic heterocycles. The number of benzene rings is 1. The Balaban J connectivity index is 2.65. The van der Waals surface area contributed by atoms with Crippen LogP contribution in [0.25, 0.3) is 0 Å². The van der Waals surface area contributed by atoms with Crippen molar-refractivity contribution < 1.29 is 9.84 Å². The highest BCUT2D eigenvalue weighted by molar-refractivity contribution is 5.56. The summed E-state index contributed by atoms with van der Waals surface area (Å²) in [5, 5.41) is 10.1. The predicted molar refractivity (Wildman–Crippen MR) is 65.3 cm³/mol. The Labute approximate surface area is 97.3 Å². The lowest BCUT2D eigenvalue weighted by Gasteiger charge is -2.37. The van der Waals surface area contributed by atoms with Crippen molar-refractivity contribution in [1.82, 2.24) is 0 Å². The summed E-state index contributed by atoms with van der Waals surface area (Å²) in [7, 11) is 0. The minimum absolute atomic E-state index is 0.190. The number of phenols is 1. The SMILES string of the molecule is Cc1cc(C)c2c(c1O)OC(C)(C)CC2C. The maximum absolute atomic E-state index is 10.1. The van der Waals surface area contributed by atoms with Crippen LogP contribution in [0.2, 0.25) is 0 Å². The molecule has 1 unspecified atom stereocenters. The van der Waals surface area contributed by atoms with Gasteiger partial charge in [-0.15, -0.1) is 0 Å². The molecule has 2 nitrogen and oxygen atoms in total. The van der Waals surface area contributed by atoms with Crippen molar-refractivity contribution in [3.63, 3.8) is 0 Å². The molecular formula is C14H20O2. The average molecular weight is 220 g/mol. The molecule has 1 atom stereocenters. The summed E-state index contributed by atoms with van der Waals surface area (Å²) in [6.07, 6.45) is 0.989. The van der Waals surface area contributed by atoms with E-state index in [0.717, 1.165) is 12.0 Å². The smallest absolute Gasteiger partial charge is 0.165 e. The van der Waals surface area contributed by atoms with Crippen LogP contribution in [0.3, 0.4) is 0 Å². The molecule has 1 aromatic carbocycles. The van der Waals surface area contributed by atoms with E-state index in [2.05, 4.69) is 27.7 Å². The van der Waals surface area contributed by atoms with Gasteiger partial charge in [0.15, 0.2) is 11.5 Å². The fourth-order valence-corrected chi connectivity index (χ4v) is 2.83. The Morgan fingerprint density at radius 3 is 2.56 bits per heavy atom. The van der Waals surface area contributed by atoms with Gasteiger partial charge in [-0.25, -0.2) is 0 Å². The van der Waals surface area contributed by atoms with E-state index in [0.29, 0.717) is 17.4 Å². The number of fused-ring (bicyclic) bond motifs is 1. The maximum Gasteiger partial charge on any atom is 0.165 e. The van der Waals surface area contributed by atoms with Crippen LogP contribution in [-0.2, 0) is 0 Å². The third kappa shape index (κ3) is 1.66. The van der Waals surface area contributed by atoms with Crippen LogP contribution in [0.4, 0.5) is 0 Å². The predicted octanol–water partition coefficient (Wildman–Crippen LogP) is 3.67. The zero-order chi connectivity index (χ0) is 12.1. The second-order valence-electron chi connectivity index (χ2n) is 5.57. The van der Waals surface area contributed by atoms with E-state index in [1.807, 2.05) is 13.0 Å². The number of rotatable bonds is 0. The molecule has 2 heteroatoms. The monoisotopic (exact) mass is 220 g/mol. The highest BCUT2D eigenvalue weighted by Gasteiger charge is 2.34. The van der Waals surface area contributed by atoms with Crippen LogP contribution >= 0.6 is 0 Å². The first-order chi connectivity index (χ1) is 7.32. The van der Waals surface area contributed by atoms with E-state index in [1.165, 1.54) is 11.1 Å². The van der Waals surface area contributed by atoms with E-state index >= 15 is 0 Å². The molecule has 88 valence electrons. The summed E-state index contributed by atoms with van der Waals surface area (Å²) in [6, 6.07) is 2.03. The fourth-order valence-electron chi connectivity index (χ4n) is 2.83. The zero-order valence-electron chi connectivity index (χ0n) is 10.7. The van der Waals surface area contributed by atoms with Crippen molar-refractivity contribution in [3.05, 3.63) is 22.8 Å². The fraction of sp³-hybridized carbons (Fsp3) is 0.571. The van der Waals surface area contributed by atoms with Gasteiger partial charge in [0.2, 0.25) is 0 Å². The first kappa shape index (κ1) is 11.3. The normalized spacial score (nSPS) is 22.4. The van der Waals surface area contributed by atoms with Gasteiger partial charge in [-0.2, -0.15) is 0 Å². The maximum atomic E-state index is 10.1. The van der Waals surface area contributed by atoms with Crippen molar-refractivity contribution in [2.75, 3.05) is 0 Å². The molecule has 0 spiro atoms. The van der Waals surface area contributed by atoms with Crippen molar-refractivity contribution in [3.8, 4) is 11.5 Å². The van der Waals surface area contributed by atoms with Crippen molar-refractivity contribution in [2.45, 2.75) is 52.6 Å². The number of ether oxygens (including phenoxy) is 1. The zero-order valence-corrected chi connectivity index (χ0v) is 10.7. The molecule has 16 heavy (non-hydrogen) atoms. The Morgan fingerprint density at radius 1 is 1.31 bits per heavy atom. The van der Waals surface area contributed by atoms with Gasteiger partial charge in [0.1, 0.15) is 5.60 Å². The lowest BCUT2D eigenvalue weighted by Crippen LogP contribution is -2.34. The molecule has 0 radical (unpaired) electrons. The summed E-state index contributed by atoms with van der Waals surface area (Å²) in [5.41, 5.74) is 3.08. The Morgan fingerprint density at radius 2 is 1.94 bits per heavy atom. The minimum atomic E-state index is -0.190. The summed E-state index contributed by atoms with van der Waals surface area (Å²) >= 11 is 0. The standard InChI is InChI=1S/C14H20O2/c1-8-6-9(2)12(15)13-11(8)10(3)7-14(4,5)16-13/h6,10,15H,7H2,1-5H3. The van der Waals surface area contributed by atoms with Gasteiger partial charge in [-0.05, 0) is 51.2 Å². The Bertz CT molecular complexity index is 433. The van der Waals surface area contributed by atoms with Crippen molar-refractivity contribution in [2.24, 2.45) is 0 Å². The highest BCUT2D eigenvalue weighted by Crippen LogP contribution is 2.47. The number of aromatic hydroxyl groups is 1. The van der Waals surface area contributed by atoms with Crippen LogP contribution in [0.5, 0.6) is 11.5 Å². The summed E-state index contributed by atoms with van der Waals surface area (Å²) in [6.45, 7) is 10.3. The van der Waals surface area contributed by atoms with Crippen LogP contribution in [0.15, 0.2) is 6.07 Å². The second-order valence-corrected chi connectivity index (χ2v) is 5.57. The third-order valence-corrected chi connectivity index (χ3v) is 3.36. The number of hydrogen-bond donors (Lipinski definition) is 1. The molecule has 1 heterocycles. The van der Waals surface area contributed by atoms with Gasteiger partial charge in [-0.3, -0.25) is 0 Å². The van der Waals surface area contributed by atoms with Crippen molar-refractivity contribution in [1.29, 1.82) is 0 Å². The largest absolute Gasteiger partial charge is 0.504 e. The minimum Gasteiger partial charge on any atom is -0.504 e. The number of hydrogen-bond acceptors (Lipinski definition) is 2. The molecule has 1 aliphatic rings. The Kier molecular flexibility index (Phi) is 2.41. The lowest BCUT2D eigenvalue weighted by atomic mass is 9.83. The van der Waals surface area contributed by atoms with E-state index < -0.39 is 0 Å². The van der Waals surface area contributed by atoms with Crippen LogP contribution in [-0.4, -0.2) is 10.7 Å². The van der Waals surface area contributed by atoms with Crippen LogP contribution < -0.4 is 4.74 Å². The molecule has 0 aromatic heterocycles. The summed E-state index contributed by atoms with van der Waals surface area (Å²) in [5.74, 6) is 1.44. The van der Waals surface area contributed by atoms with E-state index in [1.54, 1.807) is 0 Å². The van der Waals surface area contributed by atoms with Crippen LogP contribution in [0.1, 0.15) is 49.8 Å².